The Hall–Kier alpha value is -2.32. The summed E-state index contributed by atoms with van der Waals surface area (Å²) in [6.45, 7) is 4.56. The second-order valence-corrected chi connectivity index (χ2v) is 30.1. The number of nitrogens with one attached hydrogen (secondary N) is 1. The van der Waals surface area contributed by atoms with E-state index in [1.54, 1.807) is 6.08 Å². The van der Waals surface area contributed by atoms with E-state index >= 15 is 0 Å². The van der Waals surface area contributed by atoms with Crippen LogP contribution < -0.4 is 10.2 Å². The molecular formula is C84H157N2O6P. The topological polar surface area (TPSA) is 108 Å². The van der Waals surface area contributed by atoms with E-state index in [4.69, 9.17) is 9.05 Å². The van der Waals surface area contributed by atoms with Crippen LogP contribution in [0.15, 0.2) is 85.1 Å². The van der Waals surface area contributed by atoms with Crippen molar-refractivity contribution in [3.63, 3.8) is 0 Å². The first-order valence-corrected chi connectivity index (χ1v) is 41.9. The van der Waals surface area contributed by atoms with Gasteiger partial charge in [-0.05, 0) is 83.5 Å². The van der Waals surface area contributed by atoms with Gasteiger partial charge in [-0.2, -0.15) is 0 Å². The number of allylic oxidation sites excluding steroid dienone is 13. The van der Waals surface area contributed by atoms with E-state index in [0.29, 0.717) is 17.4 Å². The molecule has 0 aliphatic carbocycles. The average Bonchev–Trinajstić information content (AvgIpc) is 2.75. The molecule has 3 unspecified atom stereocenters. The van der Waals surface area contributed by atoms with E-state index in [1.165, 1.54) is 302 Å². The zero-order valence-electron chi connectivity index (χ0n) is 62.5. The molecule has 1 amide bonds. The van der Waals surface area contributed by atoms with Gasteiger partial charge in [0.1, 0.15) is 13.2 Å². The third kappa shape index (κ3) is 76.9. The van der Waals surface area contributed by atoms with Crippen molar-refractivity contribution in [1.29, 1.82) is 0 Å². The monoisotopic (exact) mass is 1320 g/mol. The number of hydrogen-bond donors (Lipinski definition) is 2. The number of aliphatic hydroxyl groups excluding tert-OH is 1. The number of carbonyl (C=O) groups is 1. The molecule has 0 aromatic carbocycles. The van der Waals surface area contributed by atoms with Crippen LogP contribution in [0, 0.1) is 0 Å². The molecule has 8 nitrogen and oxygen atoms in total. The summed E-state index contributed by atoms with van der Waals surface area (Å²) in [5.74, 6) is -0.205. The van der Waals surface area contributed by atoms with Gasteiger partial charge >= 0.3 is 0 Å². The highest BCUT2D eigenvalue weighted by atomic mass is 31.2. The minimum absolute atomic E-state index is 0.00901. The second kappa shape index (κ2) is 73.9. The van der Waals surface area contributed by atoms with Gasteiger partial charge in [0.15, 0.2) is 0 Å². The van der Waals surface area contributed by atoms with Crippen molar-refractivity contribution in [3.05, 3.63) is 85.1 Å². The highest BCUT2D eigenvalue weighted by Gasteiger charge is 2.23. The third-order valence-electron chi connectivity index (χ3n) is 18.3. The zero-order chi connectivity index (χ0) is 67.6. The van der Waals surface area contributed by atoms with Crippen molar-refractivity contribution in [2.45, 2.75) is 405 Å². The number of quaternary nitrogens is 1. The maximum atomic E-state index is 13.1. The number of hydrogen-bond acceptors (Lipinski definition) is 6. The first-order valence-electron chi connectivity index (χ1n) is 40.4. The molecule has 0 aromatic heterocycles. The van der Waals surface area contributed by atoms with Crippen molar-refractivity contribution in [2.75, 3.05) is 40.9 Å². The highest BCUT2D eigenvalue weighted by Crippen LogP contribution is 2.38. The summed E-state index contributed by atoms with van der Waals surface area (Å²) in [7, 11) is 1.25. The van der Waals surface area contributed by atoms with Gasteiger partial charge in [0.2, 0.25) is 5.91 Å². The lowest BCUT2D eigenvalue weighted by molar-refractivity contribution is -0.870. The molecule has 0 spiro atoms. The maximum absolute atomic E-state index is 13.1. The Morgan fingerprint density at radius 2 is 0.667 bits per heavy atom. The molecule has 0 rings (SSSR count). The van der Waals surface area contributed by atoms with Gasteiger partial charge in [-0.3, -0.25) is 9.36 Å². The van der Waals surface area contributed by atoms with Crippen molar-refractivity contribution in [3.8, 4) is 0 Å². The largest absolute Gasteiger partial charge is 0.756 e. The number of rotatable bonds is 75. The third-order valence-corrected chi connectivity index (χ3v) is 19.3. The summed E-state index contributed by atoms with van der Waals surface area (Å²) in [5, 5.41) is 14.0. The van der Waals surface area contributed by atoms with E-state index in [2.05, 4.69) is 92.1 Å². The van der Waals surface area contributed by atoms with Crippen LogP contribution in [-0.2, 0) is 18.4 Å². The van der Waals surface area contributed by atoms with Crippen molar-refractivity contribution in [1.82, 2.24) is 5.32 Å². The zero-order valence-corrected chi connectivity index (χ0v) is 63.4. The molecule has 93 heavy (non-hydrogen) atoms. The normalized spacial score (nSPS) is 13.9. The lowest BCUT2D eigenvalue weighted by Crippen LogP contribution is -2.45. The number of aliphatic hydroxyl groups is 1. The van der Waals surface area contributed by atoms with Crippen LogP contribution in [0.4, 0.5) is 0 Å². The molecular weight excluding hydrogens is 1160 g/mol. The minimum atomic E-state index is -4.62. The fourth-order valence-electron chi connectivity index (χ4n) is 12.1. The Morgan fingerprint density at radius 3 is 1.00 bits per heavy atom. The van der Waals surface area contributed by atoms with Crippen LogP contribution in [0.2, 0.25) is 0 Å². The molecule has 2 N–H and O–H groups in total. The predicted molar refractivity (Wildman–Crippen MR) is 408 cm³/mol. The first kappa shape index (κ1) is 90.7. The molecule has 9 heteroatoms. The van der Waals surface area contributed by atoms with Crippen LogP contribution in [0.5, 0.6) is 0 Å². The van der Waals surface area contributed by atoms with Gasteiger partial charge in [0, 0.05) is 6.42 Å². The molecule has 0 heterocycles. The summed E-state index contributed by atoms with van der Waals surface area (Å²) in [5.41, 5.74) is 0. The summed E-state index contributed by atoms with van der Waals surface area (Å²) in [4.78, 5) is 25.7. The van der Waals surface area contributed by atoms with Crippen molar-refractivity contribution < 1.29 is 32.9 Å². The molecule has 3 atom stereocenters. The lowest BCUT2D eigenvalue weighted by atomic mass is 10.0. The van der Waals surface area contributed by atoms with Gasteiger partial charge in [-0.1, -0.05) is 388 Å². The van der Waals surface area contributed by atoms with Crippen LogP contribution in [-0.4, -0.2) is 68.5 Å². The van der Waals surface area contributed by atoms with Gasteiger partial charge in [0.05, 0.1) is 39.9 Å². The van der Waals surface area contributed by atoms with Crippen LogP contribution in [0.3, 0.4) is 0 Å². The molecule has 0 bridgehead atoms. The fraction of sp³-hybridized carbons (Fsp3) is 0.821. The molecule has 544 valence electrons. The number of likely N-dealkylation sites (N-methyl/N-ethyl adjacent to an activating group) is 1. The van der Waals surface area contributed by atoms with E-state index in [-0.39, 0.29) is 12.5 Å². The van der Waals surface area contributed by atoms with Gasteiger partial charge in [-0.25, -0.2) is 0 Å². The molecule has 0 aliphatic heterocycles. The number of nitrogens with zero attached hydrogens (tertiary/aromatic N) is 1. The number of amides is 1. The van der Waals surface area contributed by atoms with E-state index in [9.17, 15) is 19.4 Å². The molecule has 0 saturated heterocycles. The summed E-state index contributed by atoms with van der Waals surface area (Å²) >= 11 is 0. The van der Waals surface area contributed by atoms with Gasteiger partial charge in [0.25, 0.3) is 7.82 Å². The van der Waals surface area contributed by atoms with E-state index in [0.717, 1.165) is 70.6 Å². The van der Waals surface area contributed by atoms with Crippen molar-refractivity contribution >= 4 is 13.7 Å². The number of unbranched alkanes of at least 4 members (excludes halogenated alkanes) is 50. The molecule has 0 aromatic rings. The first-order chi connectivity index (χ1) is 45.5. The highest BCUT2D eigenvalue weighted by molar-refractivity contribution is 7.45. The van der Waals surface area contributed by atoms with E-state index < -0.39 is 26.6 Å². The smallest absolute Gasteiger partial charge is 0.268 e. The molecule has 0 saturated carbocycles. The molecule has 0 aliphatic rings. The number of phosphoric acid groups is 1. The maximum Gasteiger partial charge on any atom is 0.268 e. The Balaban J connectivity index is 3.97. The standard InChI is InChI=1S/C84H157N2O6P/c1-6-8-10-12-14-16-18-20-22-24-26-28-30-32-34-36-38-39-40-41-42-43-44-45-46-47-48-50-52-54-56-58-60-62-64-66-68-70-72-74-76-78-84(88)85-82(81-92-93(89,90)91-80-79-86(3,4)5)83(87)77-75-73-71-69-67-65-63-61-59-57-55-53-51-49-37-35-33-31-29-27-25-23-21-19-17-15-13-11-9-7-2/h8,10,14,16,20,22,26,28,59,61,67,69,75,77,82-83,87H,6-7,9,11-13,15,17-19,21,23-25,27,29-58,60,62-66,68,70-74,76,78-81H2,1-5H3,(H-,85,88,89,90)/b10-8-,16-14-,22-20-,28-26-,61-59+,69-67+,77-75+. The SMILES string of the molecule is CC/C=C\C/C=C\C/C=C\C/C=C\CCCCCCCCCCCCCCCCCCCCCCCCCCCCCCC(=O)NC(COP(=O)([O-])OCC[N+](C)(C)C)C(O)/C=C/CC/C=C/CC/C=C/CCCCCCCCCCCCCCCCCCCCCC. The average molecular weight is 1320 g/mol. The molecule has 0 radical (unpaired) electrons. The summed E-state index contributed by atoms with van der Waals surface area (Å²) in [6.07, 6.45) is 106. The van der Waals surface area contributed by atoms with Gasteiger partial charge in [-0.15, -0.1) is 0 Å². The number of carbonyl (C=O) groups excluding carboxylic acids is 1. The van der Waals surface area contributed by atoms with Gasteiger partial charge < -0.3 is 28.8 Å². The fourth-order valence-corrected chi connectivity index (χ4v) is 12.8. The lowest BCUT2D eigenvalue weighted by Gasteiger charge is -2.29. The van der Waals surface area contributed by atoms with Crippen LogP contribution >= 0.6 is 7.82 Å². The Kier molecular flexibility index (Phi) is 72.1. The quantitative estimate of drug-likeness (QED) is 0.0272. The van der Waals surface area contributed by atoms with Crippen molar-refractivity contribution in [2.24, 2.45) is 0 Å². The van der Waals surface area contributed by atoms with Crippen LogP contribution in [0.1, 0.15) is 393 Å². The second-order valence-electron chi connectivity index (χ2n) is 28.7. The Bertz CT molecular complexity index is 1800. The van der Waals surface area contributed by atoms with Crippen LogP contribution in [0.25, 0.3) is 0 Å². The minimum Gasteiger partial charge on any atom is -0.756 e. The predicted octanol–water partition coefficient (Wildman–Crippen LogP) is 26.0. The Labute approximate surface area is 579 Å². The van der Waals surface area contributed by atoms with E-state index in [1.807, 2.05) is 27.2 Å². The molecule has 0 fully saturated rings. The summed E-state index contributed by atoms with van der Waals surface area (Å²) < 4.78 is 23.5. The summed E-state index contributed by atoms with van der Waals surface area (Å²) in [6, 6.07) is -0.913. The number of phosphoric ester groups is 1. The Morgan fingerprint density at radius 1 is 0.387 bits per heavy atom.